The minimum absolute atomic E-state index is 0.137. The van der Waals surface area contributed by atoms with Gasteiger partial charge >= 0.3 is 5.97 Å². The Morgan fingerprint density at radius 2 is 2.04 bits per heavy atom. The first kappa shape index (κ1) is 17.2. The summed E-state index contributed by atoms with van der Waals surface area (Å²) in [6.45, 7) is 6.39. The number of benzene rings is 1. The average molecular weight is 341 g/mol. The molecule has 1 aromatic carbocycles. The Kier molecular flexibility index (Phi) is 4.37. The van der Waals surface area contributed by atoms with E-state index in [0.29, 0.717) is 24.9 Å². The van der Waals surface area contributed by atoms with Crippen LogP contribution in [0.2, 0.25) is 0 Å². The lowest BCUT2D eigenvalue weighted by Crippen LogP contribution is -2.35. The normalized spacial score (nSPS) is 20.0. The van der Waals surface area contributed by atoms with Gasteiger partial charge in [0.25, 0.3) is 5.91 Å². The summed E-state index contributed by atoms with van der Waals surface area (Å²) in [5.74, 6) is -0.990. The van der Waals surface area contributed by atoms with Crippen LogP contribution in [0.15, 0.2) is 30.5 Å². The third kappa shape index (κ3) is 2.92. The molecule has 0 bridgehead atoms. The highest BCUT2D eigenvalue weighted by Crippen LogP contribution is 2.31. The van der Waals surface area contributed by atoms with E-state index in [2.05, 4.69) is 5.10 Å². The first-order valence-electron chi connectivity index (χ1n) is 8.53. The molecule has 6 heteroatoms. The van der Waals surface area contributed by atoms with Crippen molar-refractivity contribution in [3.8, 4) is 5.69 Å². The Morgan fingerprint density at radius 3 is 2.64 bits per heavy atom. The van der Waals surface area contributed by atoms with Crippen LogP contribution >= 0.6 is 0 Å². The van der Waals surface area contributed by atoms with E-state index in [0.717, 1.165) is 16.9 Å². The number of hydrogen-bond donors (Lipinski definition) is 1. The van der Waals surface area contributed by atoms with Crippen LogP contribution in [0.25, 0.3) is 5.69 Å². The second-order valence-electron chi connectivity index (χ2n) is 6.90. The molecule has 0 spiro atoms. The van der Waals surface area contributed by atoms with Gasteiger partial charge in [-0.15, -0.1) is 0 Å². The monoisotopic (exact) mass is 341 g/mol. The van der Waals surface area contributed by atoms with Crippen molar-refractivity contribution in [1.29, 1.82) is 0 Å². The van der Waals surface area contributed by atoms with Gasteiger partial charge in [-0.25, -0.2) is 4.68 Å². The van der Waals surface area contributed by atoms with Gasteiger partial charge in [0.2, 0.25) is 0 Å². The topological polar surface area (TPSA) is 75.4 Å². The van der Waals surface area contributed by atoms with E-state index in [1.165, 1.54) is 0 Å². The highest BCUT2D eigenvalue weighted by Gasteiger charge is 2.42. The maximum atomic E-state index is 12.9. The number of amides is 1. The minimum atomic E-state index is -0.867. The van der Waals surface area contributed by atoms with Crippen LogP contribution in [0.5, 0.6) is 0 Å². The fourth-order valence-electron chi connectivity index (χ4n) is 3.38. The summed E-state index contributed by atoms with van der Waals surface area (Å²) in [5, 5.41) is 13.8. The Bertz CT molecular complexity index is 827. The second-order valence-corrected chi connectivity index (χ2v) is 6.90. The number of carbonyl (C=O) groups is 2. The quantitative estimate of drug-likeness (QED) is 0.928. The van der Waals surface area contributed by atoms with E-state index in [1.54, 1.807) is 18.0 Å². The largest absolute Gasteiger partial charge is 0.481 e. The van der Waals surface area contributed by atoms with E-state index in [9.17, 15) is 14.7 Å². The molecule has 132 valence electrons. The molecule has 2 aromatic rings. The number of rotatable bonds is 4. The SMILES string of the molecule is CCc1c(C(=O)N2CCC(C)(C(=O)O)C2)cnn1-c1ccccc1C. The zero-order chi connectivity index (χ0) is 18.2. The molecule has 1 aromatic heterocycles. The van der Waals surface area contributed by atoms with Gasteiger partial charge in [0, 0.05) is 13.1 Å². The van der Waals surface area contributed by atoms with Crippen molar-refractivity contribution >= 4 is 11.9 Å². The first-order chi connectivity index (χ1) is 11.9. The molecule has 0 radical (unpaired) electrons. The summed E-state index contributed by atoms with van der Waals surface area (Å²) in [6.07, 6.45) is 2.74. The van der Waals surface area contributed by atoms with E-state index in [1.807, 2.05) is 42.8 Å². The number of carboxylic acid groups (broad SMARTS) is 1. The lowest BCUT2D eigenvalue weighted by molar-refractivity contribution is -0.147. The molecule has 1 saturated heterocycles. The maximum absolute atomic E-state index is 12.9. The number of hydrogen-bond acceptors (Lipinski definition) is 3. The van der Waals surface area contributed by atoms with E-state index >= 15 is 0 Å². The molecule has 1 N–H and O–H groups in total. The van der Waals surface area contributed by atoms with Crippen molar-refractivity contribution in [3.63, 3.8) is 0 Å². The van der Waals surface area contributed by atoms with Gasteiger partial charge in [0.15, 0.2) is 0 Å². The van der Waals surface area contributed by atoms with Gasteiger partial charge < -0.3 is 10.0 Å². The van der Waals surface area contributed by atoms with Crippen LogP contribution in [-0.4, -0.2) is 44.8 Å². The van der Waals surface area contributed by atoms with Gasteiger partial charge in [0.1, 0.15) is 0 Å². The highest BCUT2D eigenvalue weighted by molar-refractivity contribution is 5.96. The molecule has 1 aliphatic rings. The summed E-state index contributed by atoms with van der Waals surface area (Å²) >= 11 is 0. The fraction of sp³-hybridized carbons (Fsp3) is 0.421. The van der Waals surface area contributed by atoms with Crippen molar-refractivity contribution in [2.24, 2.45) is 5.41 Å². The third-order valence-electron chi connectivity index (χ3n) is 5.05. The van der Waals surface area contributed by atoms with Gasteiger partial charge in [-0.2, -0.15) is 5.10 Å². The molecular formula is C19H23N3O3. The zero-order valence-corrected chi connectivity index (χ0v) is 14.8. The van der Waals surface area contributed by atoms with Crippen molar-refractivity contribution in [2.45, 2.75) is 33.6 Å². The lowest BCUT2D eigenvalue weighted by Gasteiger charge is -2.20. The lowest BCUT2D eigenvalue weighted by atomic mass is 9.90. The van der Waals surface area contributed by atoms with Crippen molar-refractivity contribution < 1.29 is 14.7 Å². The highest BCUT2D eigenvalue weighted by atomic mass is 16.4. The molecule has 1 atom stereocenters. The number of aryl methyl sites for hydroxylation is 1. The average Bonchev–Trinajstić information content (AvgIpc) is 3.19. The Hall–Kier alpha value is -2.63. The van der Waals surface area contributed by atoms with Crippen LogP contribution in [0.3, 0.4) is 0 Å². The minimum Gasteiger partial charge on any atom is -0.481 e. The molecule has 1 amide bonds. The molecule has 3 rings (SSSR count). The van der Waals surface area contributed by atoms with Gasteiger partial charge in [-0.1, -0.05) is 25.1 Å². The Balaban J connectivity index is 1.93. The van der Waals surface area contributed by atoms with Crippen LogP contribution < -0.4 is 0 Å². The molecule has 2 heterocycles. The van der Waals surface area contributed by atoms with Gasteiger partial charge in [-0.3, -0.25) is 9.59 Å². The third-order valence-corrected chi connectivity index (χ3v) is 5.05. The Morgan fingerprint density at radius 1 is 1.32 bits per heavy atom. The van der Waals surface area contributed by atoms with Crippen molar-refractivity contribution in [3.05, 3.63) is 47.3 Å². The second kappa shape index (κ2) is 6.35. The van der Waals surface area contributed by atoms with Crippen LogP contribution in [-0.2, 0) is 11.2 Å². The molecule has 25 heavy (non-hydrogen) atoms. The number of para-hydroxylation sites is 1. The van der Waals surface area contributed by atoms with Crippen LogP contribution in [0.4, 0.5) is 0 Å². The molecule has 1 unspecified atom stereocenters. The predicted octanol–water partition coefficient (Wildman–Crippen LogP) is 2.68. The van der Waals surface area contributed by atoms with Crippen molar-refractivity contribution in [2.75, 3.05) is 13.1 Å². The molecular weight excluding hydrogens is 318 g/mol. The van der Waals surface area contributed by atoms with E-state index in [-0.39, 0.29) is 12.5 Å². The maximum Gasteiger partial charge on any atom is 0.311 e. The first-order valence-corrected chi connectivity index (χ1v) is 8.53. The summed E-state index contributed by atoms with van der Waals surface area (Å²) in [7, 11) is 0. The number of aromatic nitrogens is 2. The summed E-state index contributed by atoms with van der Waals surface area (Å²) in [5.41, 5.74) is 2.58. The number of carboxylic acids is 1. The summed E-state index contributed by atoms with van der Waals surface area (Å²) in [4.78, 5) is 26.0. The standard InChI is InChI=1S/C19H23N3O3/c1-4-15-14(11-20-22(15)16-8-6-5-7-13(16)2)17(23)21-10-9-19(3,12-21)18(24)25/h5-8,11H,4,9-10,12H2,1-3H3,(H,24,25). The van der Waals surface area contributed by atoms with Gasteiger partial charge in [-0.05, 0) is 38.3 Å². The number of carbonyl (C=O) groups excluding carboxylic acids is 1. The molecule has 0 saturated carbocycles. The molecule has 1 aliphatic heterocycles. The number of aliphatic carboxylic acids is 1. The number of nitrogens with zero attached hydrogens (tertiary/aromatic N) is 3. The predicted molar refractivity (Wildman–Crippen MR) is 93.9 cm³/mol. The number of likely N-dealkylation sites (tertiary alicyclic amines) is 1. The Labute approximate surface area is 147 Å². The van der Waals surface area contributed by atoms with Crippen LogP contribution in [0, 0.1) is 12.3 Å². The zero-order valence-electron chi connectivity index (χ0n) is 14.8. The van der Waals surface area contributed by atoms with Gasteiger partial charge in [0.05, 0.1) is 28.6 Å². The fourth-order valence-corrected chi connectivity index (χ4v) is 3.38. The summed E-state index contributed by atoms with van der Waals surface area (Å²) < 4.78 is 1.81. The summed E-state index contributed by atoms with van der Waals surface area (Å²) in [6, 6.07) is 7.91. The van der Waals surface area contributed by atoms with E-state index in [4.69, 9.17) is 0 Å². The van der Waals surface area contributed by atoms with E-state index < -0.39 is 11.4 Å². The smallest absolute Gasteiger partial charge is 0.311 e. The molecule has 6 nitrogen and oxygen atoms in total. The molecule has 1 fully saturated rings. The molecule has 0 aliphatic carbocycles. The van der Waals surface area contributed by atoms with Crippen LogP contribution in [0.1, 0.15) is 41.9 Å². The van der Waals surface area contributed by atoms with Crippen molar-refractivity contribution in [1.82, 2.24) is 14.7 Å².